The van der Waals surface area contributed by atoms with Gasteiger partial charge >= 0.3 is 0 Å². The van der Waals surface area contributed by atoms with E-state index in [9.17, 15) is 13.5 Å². The van der Waals surface area contributed by atoms with Gasteiger partial charge < -0.3 is 14.6 Å². The van der Waals surface area contributed by atoms with Crippen molar-refractivity contribution < 1.29 is 23.0 Å². The summed E-state index contributed by atoms with van der Waals surface area (Å²) >= 11 is 3.46. The lowest BCUT2D eigenvalue weighted by atomic mass is 9.95. The van der Waals surface area contributed by atoms with Crippen molar-refractivity contribution in [3.8, 4) is 11.5 Å². The summed E-state index contributed by atoms with van der Waals surface area (Å²) in [5.41, 5.74) is 4.04. The van der Waals surface area contributed by atoms with Gasteiger partial charge in [0.25, 0.3) is 0 Å². The molecule has 36 heavy (non-hydrogen) atoms. The van der Waals surface area contributed by atoms with Gasteiger partial charge in [0.05, 0.1) is 24.2 Å². The van der Waals surface area contributed by atoms with E-state index in [0.717, 1.165) is 26.9 Å². The van der Waals surface area contributed by atoms with Crippen LogP contribution in [-0.2, 0) is 14.6 Å². The van der Waals surface area contributed by atoms with Crippen molar-refractivity contribution in [3.05, 3.63) is 99.8 Å². The van der Waals surface area contributed by atoms with Gasteiger partial charge in [-0.05, 0) is 78.1 Å². The van der Waals surface area contributed by atoms with Crippen LogP contribution in [0.25, 0.3) is 11.6 Å². The molecule has 1 N–H and O–H groups in total. The van der Waals surface area contributed by atoms with Gasteiger partial charge in [0.2, 0.25) is 0 Å². The molecule has 2 atom stereocenters. The molecule has 2 aliphatic heterocycles. The Morgan fingerprint density at radius 1 is 1.14 bits per heavy atom. The molecular weight excluding hydrogens is 542 g/mol. The zero-order valence-corrected chi connectivity index (χ0v) is 21.9. The highest BCUT2D eigenvalue weighted by Gasteiger charge is 2.47. The van der Waals surface area contributed by atoms with E-state index < -0.39 is 15.1 Å². The van der Waals surface area contributed by atoms with Crippen molar-refractivity contribution in [2.24, 2.45) is 0 Å². The molecule has 0 bridgehead atoms. The first-order valence-electron chi connectivity index (χ1n) is 11.7. The van der Waals surface area contributed by atoms with Crippen LogP contribution >= 0.6 is 15.9 Å². The number of nitrogens with zero attached hydrogens (tertiary/aromatic N) is 1. The fourth-order valence-electron chi connectivity index (χ4n) is 4.76. The van der Waals surface area contributed by atoms with Crippen LogP contribution in [0.4, 0.5) is 0 Å². The second-order valence-electron chi connectivity index (χ2n) is 8.90. The van der Waals surface area contributed by atoms with Gasteiger partial charge in [-0.25, -0.2) is 8.42 Å². The minimum absolute atomic E-state index is 0.00848. The van der Waals surface area contributed by atoms with Crippen molar-refractivity contribution in [1.82, 2.24) is 4.98 Å². The van der Waals surface area contributed by atoms with Crippen LogP contribution in [0.1, 0.15) is 24.1 Å². The molecule has 0 unspecified atom stereocenters. The maximum absolute atomic E-state index is 12.8. The highest BCUT2D eigenvalue weighted by molar-refractivity contribution is 9.10. The molecule has 2 aliphatic rings. The summed E-state index contributed by atoms with van der Waals surface area (Å²) in [7, 11) is -3.30. The third-order valence-electron chi connectivity index (χ3n) is 6.51. The van der Waals surface area contributed by atoms with E-state index in [2.05, 4.69) is 20.9 Å². The van der Waals surface area contributed by atoms with Crippen molar-refractivity contribution in [3.63, 3.8) is 0 Å². The third-order valence-corrected chi connectivity index (χ3v) is 9.01. The van der Waals surface area contributed by atoms with Gasteiger partial charge in [-0.15, -0.1) is 0 Å². The van der Waals surface area contributed by atoms with E-state index in [1.54, 1.807) is 18.3 Å². The number of sulfone groups is 1. The SMILES string of the molecule is O=S1(=O)CC(COc2ccccc2)=C2[C@@H](CC/C(=C/c3cc(Br)ccc3O)c3ccccn3)OC[C@@H]21. The number of aromatic nitrogens is 1. The van der Waals surface area contributed by atoms with Crippen molar-refractivity contribution in [1.29, 1.82) is 0 Å². The number of halogens is 1. The Hall–Kier alpha value is -2.94. The molecule has 1 saturated heterocycles. The fourth-order valence-corrected chi connectivity index (χ4v) is 7.07. The number of benzene rings is 2. The zero-order chi connectivity index (χ0) is 25.1. The number of pyridine rings is 1. The third kappa shape index (κ3) is 5.40. The van der Waals surface area contributed by atoms with Crippen molar-refractivity contribution in [2.75, 3.05) is 19.0 Å². The number of hydrogen-bond acceptors (Lipinski definition) is 6. The topological polar surface area (TPSA) is 85.7 Å². The average Bonchev–Trinajstić information content (AvgIpc) is 3.43. The average molecular weight is 568 g/mol. The Morgan fingerprint density at radius 3 is 2.72 bits per heavy atom. The van der Waals surface area contributed by atoms with Gasteiger partial charge in [-0.2, -0.15) is 0 Å². The molecule has 2 aromatic carbocycles. The van der Waals surface area contributed by atoms with Crippen LogP contribution < -0.4 is 4.74 Å². The maximum atomic E-state index is 12.8. The van der Waals surface area contributed by atoms with Crippen LogP contribution in [0.2, 0.25) is 0 Å². The van der Waals surface area contributed by atoms with E-state index >= 15 is 0 Å². The highest BCUT2D eigenvalue weighted by Crippen LogP contribution is 2.39. The van der Waals surface area contributed by atoms with Crippen LogP contribution in [-0.4, -0.2) is 48.8 Å². The molecule has 0 amide bonds. The number of para-hydroxylation sites is 1. The maximum Gasteiger partial charge on any atom is 0.163 e. The summed E-state index contributed by atoms with van der Waals surface area (Å²) in [6.07, 6.45) is 4.53. The second kappa shape index (κ2) is 10.6. The molecule has 0 aliphatic carbocycles. The molecule has 1 aromatic heterocycles. The largest absolute Gasteiger partial charge is 0.507 e. The molecular formula is C28H26BrNO5S. The van der Waals surface area contributed by atoms with E-state index in [1.807, 2.05) is 60.7 Å². The predicted molar refractivity (Wildman–Crippen MR) is 143 cm³/mol. The van der Waals surface area contributed by atoms with Crippen molar-refractivity contribution >= 4 is 37.4 Å². The van der Waals surface area contributed by atoms with Crippen LogP contribution in [0, 0.1) is 0 Å². The number of hydrogen-bond donors (Lipinski definition) is 1. The fraction of sp³-hybridized carbons (Fsp3) is 0.250. The van der Waals surface area contributed by atoms with E-state index in [1.165, 1.54) is 0 Å². The second-order valence-corrected chi connectivity index (χ2v) is 12.0. The van der Waals surface area contributed by atoms with Crippen LogP contribution in [0.15, 0.2) is 88.5 Å². The summed E-state index contributed by atoms with van der Waals surface area (Å²) < 4.78 is 38.5. The molecule has 0 saturated carbocycles. The molecule has 6 nitrogen and oxygen atoms in total. The number of phenols is 1. The molecule has 5 rings (SSSR count). The first kappa shape index (κ1) is 24.7. The number of fused-ring (bicyclic) bond motifs is 1. The zero-order valence-electron chi connectivity index (χ0n) is 19.5. The van der Waals surface area contributed by atoms with Gasteiger partial charge in [-0.1, -0.05) is 40.2 Å². The summed E-state index contributed by atoms with van der Waals surface area (Å²) in [4.78, 5) is 4.51. The molecule has 0 radical (unpaired) electrons. The number of phenolic OH excluding ortho intramolecular Hbond substituents is 1. The van der Waals surface area contributed by atoms with E-state index in [0.29, 0.717) is 24.2 Å². The van der Waals surface area contributed by atoms with Gasteiger partial charge in [-0.3, -0.25) is 4.98 Å². The molecule has 1 fully saturated rings. The Bertz CT molecular complexity index is 1400. The molecule has 8 heteroatoms. The van der Waals surface area contributed by atoms with Crippen molar-refractivity contribution in [2.45, 2.75) is 24.2 Å². The normalized spacial score (nSPS) is 21.0. The molecule has 186 valence electrons. The first-order valence-corrected chi connectivity index (χ1v) is 14.2. The van der Waals surface area contributed by atoms with Gasteiger partial charge in [0.1, 0.15) is 23.4 Å². The standard InChI is InChI=1S/C28H26BrNO5S/c29-22-10-11-25(31)20(15-22)14-19(24-8-4-5-13-30-24)9-12-26-28-21(16-34-23-6-2-1-3-7-23)18-36(32,33)27(28)17-35-26/h1-8,10-11,13-15,26-27,31H,9,12,16-18H2/b19-14-/t26-,27+/m1/s1. The number of ether oxygens (including phenoxy) is 2. The van der Waals surface area contributed by atoms with Gasteiger partial charge in [0.15, 0.2) is 9.84 Å². The summed E-state index contributed by atoms with van der Waals surface area (Å²) in [5, 5.41) is 9.78. The minimum atomic E-state index is -3.30. The lowest BCUT2D eigenvalue weighted by Crippen LogP contribution is -2.19. The Morgan fingerprint density at radius 2 is 1.94 bits per heavy atom. The van der Waals surface area contributed by atoms with E-state index in [4.69, 9.17) is 9.47 Å². The predicted octanol–water partition coefficient (Wildman–Crippen LogP) is 5.44. The molecule has 3 aromatic rings. The lowest BCUT2D eigenvalue weighted by molar-refractivity contribution is 0.118. The van der Waals surface area contributed by atoms with Gasteiger partial charge in [0, 0.05) is 16.2 Å². The highest BCUT2D eigenvalue weighted by atomic mass is 79.9. The first-order chi connectivity index (χ1) is 17.4. The quantitative estimate of drug-likeness (QED) is 0.365. The summed E-state index contributed by atoms with van der Waals surface area (Å²) in [6, 6.07) is 20.4. The number of rotatable bonds is 8. The van der Waals surface area contributed by atoms with Crippen LogP contribution in [0.3, 0.4) is 0 Å². The number of aromatic hydroxyl groups is 1. The lowest BCUT2D eigenvalue weighted by Gasteiger charge is -2.16. The Balaban J connectivity index is 1.40. The summed E-state index contributed by atoms with van der Waals surface area (Å²) in [6.45, 7) is 0.399. The van der Waals surface area contributed by atoms with Crippen LogP contribution in [0.5, 0.6) is 11.5 Å². The molecule has 3 heterocycles. The summed E-state index contributed by atoms with van der Waals surface area (Å²) in [5.74, 6) is 0.888. The number of allylic oxidation sites excluding steroid dienone is 1. The monoisotopic (exact) mass is 567 g/mol. The van der Waals surface area contributed by atoms with E-state index in [-0.39, 0.29) is 30.8 Å². The Labute approximate surface area is 219 Å². The Kier molecular flexibility index (Phi) is 7.27. The molecule has 0 spiro atoms. The minimum Gasteiger partial charge on any atom is -0.507 e. The smallest absolute Gasteiger partial charge is 0.163 e.